The van der Waals surface area contributed by atoms with Gasteiger partial charge < -0.3 is 10.1 Å². The van der Waals surface area contributed by atoms with Gasteiger partial charge >= 0.3 is 6.09 Å². The Morgan fingerprint density at radius 2 is 1.78 bits per heavy atom. The average Bonchev–Trinajstić information content (AvgIpc) is 3.06. The molecule has 4 rings (SSSR count). The molecule has 1 aliphatic rings. The van der Waals surface area contributed by atoms with E-state index in [1.165, 1.54) is 30.5 Å². The Hall–Kier alpha value is -3.35. The van der Waals surface area contributed by atoms with Gasteiger partial charge in [0.25, 0.3) is 0 Å². The predicted molar refractivity (Wildman–Crippen MR) is 91.1 cm³/mol. The first kappa shape index (κ1) is 17.1. The van der Waals surface area contributed by atoms with Crippen LogP contribution in [0.25, 0.3) is 11.1 Å². The van der Waals surface area contributed by atoms with Gasteiger partial charge in [-0.2, -0.15) is 0 Å². The first-order valence-electron chi connectivity index (χ1n) is 8.15. The van der Waals surface area contributed by atoms with Gasteiger partial charge in [-0.3, -0.25) is 4.98 Å². The average molecular weight is 370 g/mol. The molecule has 1 fully saturated rings. The van der Waals surface area contributed by atoms with Crippen LogP contribution in [0.4, 0.5) is 18.0 Å². The molecule has 1 aromatic heterocycles. The molecular formula is C20H13F3N2O2. The summed E-state index contributed by atoms with van der Waals surface area (Å²) in [7, 11) is 0. The van der Waals surface area contributed by atoms with E-state index in [9.17, 15) is 18.0 Å². The normalized spacial score (nSPS) is 18.9. The second kappa shape index (κ2) is 6.75. The first-order chi connectivity index (χ1) is 13.0. The van der Waals surface area contributed by atoms with Crippen LogP contribution in [0.5, 0.6) is 0 Å². The van der Waals surface area contributed by atoms with E-state index in [-0.39, 0.29) is 5.56 Å². The lowest BCUT2D eigenvalue weighted by Crippen LogP contribution is -2.20. The van der Waals surface area contributed by atoms with E-state index in [0.29, 0.717) is 16.7 Å². The summed E-state index contributed by atoms with van der Waals surface area (Å²) in [5, 5.41) is 2.59. The van der Waals surface area contributed by atoms with E-state index in [4.69, 9.17) is 4.74 Å². The van der Waals surface area contributed by atoms with Crippen molar-refractivity contribution < 1.29 is 22.7 Å². The van der Waals surface area contributed by atoms with E-state index in [0.717, 1.165) is 6.07 Å². The molecule has 1 amide bonds. The SMILES string of the molecule is O=C1N[C@H](c2cncc(-c3cccc(F)c3)c2)[C@@H](c2cccc(F)c2F)O1. The lowest BCUT2D eigenvalue weighted by molar-refractivity contribution is 0.129. The van der Waals surface area contributed by atoms with E-state index in [2.05, 4.69) is 10.3 Å². The highest BCUT2D eigenvalue weighted by atomic mass is 19.2. The van der Waals surface area contributed by atoms with Crippen LogP contribution >= 0.6 is 0 Å². The molecular weight excluding hydrogens is 357 g/mol. The second-order valence-electron chi connectivity index (χ2n) is 6.11. The zero-order valence-corrected chi connectivity index (χ0v) is 13.8. The largest absolute Gasteiger partial charge is 0.439 e. The van der Waals surface area contributed by atoms with Crippen LogP contribution in [-0.4, -0.2) is 11.1 Å². The molecule has 3 aromatic rings. The van der Waals surface area contributed by atoms with E-state index < -0.39 is 35.7 Å². The van der Waals surface area contributed by atoms with Crippen molar-refractivity contribution in [2.24, 2.45) is 0 Å². The van der Waals surface area contributed by atoms with E-state index in [1.54, 1.807) is 24.4 Å². The summed E-state index contributed by atoms with van der Waals surface area (Å²) < 4.78 is 46.5. The van der Waals surface area contributed by atoms with Crippen molar-refractivity contribution in [2.75, 3.05) is 0 Å². The van der Waals surface area contributed by atoms with Crippen LogP contribution in [0, 0.1) is 17.5 Å². The molecule has 2 atom stereocenters. The third kappa shape index (κ3) is 3.23. The molecule has 0 saturated carbocycles. The molecule has 1 saturated heterocycles. The van der Waals surface area contributed by atoms with Crippen LogP contribution in [-0.2, 0) is 4.74 Å². The standard InChI is InChI=1S/C20H13F3N2O2/c21-14-4-1-3-11(8-14)12-7-13(10-24-9-12)18-19(27-20(26)25-18)15-5-2-6-16(22)17(15)23/h1-10,18-19H,(H,25,26)/t18-,19-/m1/s1. The van der Waals surface area contributed by atoms with Gasteiger partial charge in [0.1, 0.15) is 11.9 Å². The lowest BCUT2D eigenvalue weighted by Gasteiger charge is -2.18. The number of hydrogen-bond donors (Lipinski definition) is 1. The Labute approximate surface area is 152 Å². The van der Waals surface area contributed by atoms with Crippen molar-refractivity contribution in [3.63, 3.8) is 0 Å². The number of cyclic esters (lactones) is 1. The molecule has 0 unspecified atom stereocenters. The molecule has 0 bridgehead atoms. The number of aromatic nitrogens is 1. The quantitative estimate of drug-likeness (QED) is 0.728. The third-order valence-electron chi connectivity index (χ3n) is 4.37. The number of alkyl carbamates (subject to hydrolysis) is 1. The number of benzene rings is 2. The maximum Gasteiger partial charge on any atom is 0.408 e. The number of amides is 1. The number of pyridine rings is 1. The van der Waals surface area contributed by atoms with Crippen molar-refractivity contribution >= 4 is 6.09 Å². The fourth-order valence-electron chi connectivity index (χ4n) is 3.12. The van der Waals surface area contributed by atoms with Gasteiger partial charge in [0.05, 0.1) is 0 Å². The van der Waals surface area contributed by atoms with Crippen molar-refractivity contribution in [1.82, 2.24) is 10.3 Å². The third-order valence-corrected chi connectivity index (χ3v) is 4.37. The topological polar surface area (TPSA) is 51.2 Å². The summed E-state index contributed by atoms with van der Waals surface area (Å²) in [6.45, 7) is 0. The summed E-state index contributed by atoms with van der Waals surface area (Å²) in [5.74, 6) is -2.49. The molecule has 1 N–H and O–H groups in total. The minimum Gasteiger partial charge on any atom is -0.439 e. The molecule has 0 spiro atoms. The molecule has 27 heavy (non-hydrogen) atoms. The number of nitrogens with zero attached hydrogens (tertiary/aromatic N) is 1. The summed E-state index contributed by atoms with van der Waals surface area (Å²) in [6, 6.07) is 10.6. The maximum absolute atomic E-state index is 14.2. The Kier molecular flexibility index (Phi) is 4.27. The molecule has 136 valence electrons. The monoisotopic (exact) mass is 370 g/mol. The Balaban J connectivity index is 1.74. The van der Waals surface area contributed by atoms with Gasteiger partial charge in [-0.1, -0.05) is 24.3 Å². The first-order valence-corrected chi connectivity index (χ1v) is 8.15. The number of halogens is 3. The van der Waals surface area contributed by atoms with Gasteiger partial charge in [-0.05, 0) is 35.4 Å². The van der Waals surface area contributed by atoms with E-state index >= 15 is 0 Å². The van der Waals surface area contributed by atoms with Crippen LogP contribution in [0.15, 0.2) is 60.9 Å². The number of nitrogens with one attached hydrogen (secondary N) is 1. The Morgan fingerprint density at radius 3 is 2.59 bits per heavy atom. The second-order valence-corrected chi connectivity index (χ2v) is 6.11. The van der Waals surface area contributed by atoms with Crippen molar-refractivity contribution in [3.05, 3.63) is 89.5 Å². The van der Waals surface area contributed by atoms with Crippen LogP contribution in [0.1, 0.15) is 23.3 Å². The fourth-order valence-corrected chi connectivity index (χ4v) is 3.12. The van der Waals surface area contributed by atoms with Crippen molar-refractivity contribution in [2.45, 2.75) is 12.1 Å². The van der Waals surface area contributed by atoms with Gasteiger partial charge in [0, 0.05) is 23.5 Å². The van der Waals surface area contributed by atoms with Gasteiger partial charge in [0.15, 0.2) is 17.7 Å². The summed E-state index contributed by atoms with van der Waals surface area (Å²) in [4.78, 5) is 15.9. The Morgan fingerprint density at radius 1 is 0.963 bits per heavy atom. The Bertz CT molecular complexity index is 1030. The number of rotatable bonds is 3. The molecule has 1 aliphatic heterocycles. The number of carbonyl (C=O) groups is 1. The molecule has 2 heterocycles. The van der Waals surface area contributed by atoms with Crippen LogP contribution < -0.4 is 5.32 Å². The highest BCUT2D eigenvalue weighted by molar-refractivity contribution is 5.72. The minimum absolute atomic E-state index is 0.0745. The zero-order valence-electron chi connectivity index (χ0n) is 13.8. The highest BCUT2D eigenvalue weighted by Crippen LogP contribution is 2.38. The zero-order chi connectivity index (χ0) is 19.0. The van der Waals surface area contributed by atoms with Gasteiger partial charge in [0.2, 0.25) is 0 Å². The van der Waals surface area contributed by atoms with E-state index in [1.807, 2.05) is 0 Å². The van der Waals surface area contributed by atoms with Gasteiger partial charge in [-0.25, -0.2) is 18.0 Å². The summed E-state index contributed by atoms with van der Waals surface area (Å²) >= 11 is 0. The lowest BCUT2D eigenvalue weighted by atomic mass is 9.95. The maximum atomic E-state index is 14.2. The molecule has 0 aliphatic carbocycles. The van der Waals surface area contributed by atoms with Crippen LogP contribution in [0.2, 0.25) is 0 Å². The van der Waals surface area contributed by atoms with Crippen molar-refractivity contribution in [1.29, 1.82) is 0 Å². The summed E-state index contributed by atoms with van der Waals surface area (Å²) in [6.07, 6.45) is 1.24. The smallest absolute Gasteiger partial charge is 0.408 e. The predicted octanol–water partition coefficient (Wildman–Crippen LogP) is 4.69. The minimum atomic E-state index is -1.07. The molecule has 4 nitrogen and oxygen atoms in total. The summed E-state index contributed by atoms with van der Waals surface area (Å²) in [5.41, 5.74) is 1.67. The van der Waals surface area contributed by atoms with Gasteiger partial charge in [-0.15, -0.1) is 0 Å². The molecule has 7 heteroatoms. The molecule has 2 aromatic carbocycles. The van der Waals surface area contributed by atoms with Crippen molar-refractivity contribution in [3.8, 4) is 11.1 Å². The number of hydrogen-bond acceptors (Lipinski definition) is 3. The molecule has 0 radical (unpaired) electrons. The highest BCUT2D eigenvalue weighted by Gasteiger charge is 2.38. The number of carbonyl (C=O) groups excluding carboxylic acids is 1. The fraction of sp³-hybridized carbons (Fsp3) is 0.100. The van der Waals surface area contributed by atoms with Crippen LogP contribution in [0.3, 0.4) is 0 Å². The number of ether oxygens (including phenoxy) is 1.